The summed E-state index contributed by atoms with van der Waals surface area (Å²) >= 11 is 1.84. The summed E-state index contributed by atoms with van der Waals surface area (Å²) < 4.78 is 5.56. The normalized spacial score (nSPS) is 24.2. The topological polar surface area (TPSA) is 32.8 Å². The number of nitrogens with zero attached hydrogens (tertiary/aromatic N) is 2. The zero-order valence-corrected chi connectivity index (χ0v) is 16.9. The number of rotatable bonds is 4. The molecule has 5 heteroatoms. The number of ether oxygens (including phenoxy) is 1. The van der Waals surface area contributed by atoms with Crippen LogP contribution in [-0.4, -0.2) is 55.6 Å². The molecule has 140 valence electrons. The van der Waals surface area contributed by atoms with Crippen molar-refractivity contribution in [1.82, 2.24) is 9.80 Å². The number of amides is 1. The van der Waals surface area contributed by atoms with E-state index in [1.165, 1.54) is 4.88 Å². The molecule has 0 bridgehead atoms. The summed E-state index contributed by atoms with van der Waals surface area (Å²) in [5.74, 6) is 0.864. The van der Waals surface area contributed by atoms with Crippen LogP contribution < -0.4 is 0 Å². The predicted octanol–water partition coefficient (Wildman–Crippen LogP) is 3.48. The third kappa shape index (κ3) is 4.09. The second kappa shape index (κ2) is 7.37. The maximum absolute atomic E-state index is 12.6. The van der Waals surface area contributed by atoms with Gasteiger partial charge in [-0.3, -0.25) is 9.69 Å². The van der Waals surface area contributed by atoms with Gasteiger partial charge in [0.15, 0.2) is 0 Å². The van der Waals surface area contributed by atoms with E-state index in [9.17, 15) is 4.79 Å². The lowest BCUT2D eigenvalue weighted by atomic mass is 9.71. The monoisotopic (exact) mass is 364 g/mol. The first-order chi connectivity index (χ1) is 11.8. The molecule has 1 aromatic heterocycles. The van der Waals surface area contributed by atoms with Gasteiger partial charge in [-0.1, -0.05) is 26.8 Å². The molecule has 0 aliphatic carbocycles. The molecule has 3 heterocycles. The van der Waals surface area contributed by atoms with Crippen LogP contribution in [0.5, 0.6) is 0 Å². The van der Waals surface area contributed by atoms with E-state index in [2.05, 4.69) is 27.3 Å². The lowest BCUT2D eigenvalue weighted by Crippen LogP contribution is -2.49. The van der Waals surface area contributed by atoms with Crippen molar-refractivity contribution in [1.29, 1.82) is 0 Å². The fraction of sp³-hybridized carbons (Fsp3) is 0.750. The molecule has 0 N–H and O–H groups in total. The summed E-state index contributed by atoms with van der Waals surface area (Å²) in [6.07, 6.45) is 2.20. The van der Waals surface area contributed by atoms with Crippen LogP contribution in [0.15, 0.2) is 17.5 Å². The quantitative estimate of drug-likeness (QED) is 0.820. The smallest absolute Gasteiger partial charge is 0.227 e. The Morgan fingerprint density at radius 3 is 2.64 bits per heavy atom. The summed E-state index contributed by atoms with van der Waals surface area (Å²) in [6, 6.07) is 4.36. The average molecular weight is 365 g/mol. The molecule has 3 rings (SSSR count). The Labute approximate surface area is 156 Å². The van der Waals surface area contributed by atoms with Gasteiger partial charge >= 0.3 is 0 Å². The third-order valence-corrected chi connectivity index (χ3v) is 6.76. The van der Waals surface area contributed by atoms with Crippen LogP contribution in [0.1, 0.15) is 38.5 Å². The first-order valence-corrected chi connectivity index (χ1v) is 10.2. The highest BCUT2D eigenvalue weighted by molar-refractivity contribution is 7.09. The van der Waals surface area contributed by atoms with Crippen molar-refractivity contribution < 1.29 is 9.53 Å². The number of hydrogen-bond donors (Lipinski definition) is 0. The minimum atomic E-state index is -0.280. The van der Waals surface area contributed by atoms with E-state index in [4.69, 9.17) is 4.74 Å². The van der Waals surface area contributed by atoms with Crippen molar-refractivity contribution in [3.05, 3.63) is 22.4 Å². The van der Waals surface area contributed by atoms with E-state index in [0.29, 0.717) is 17.2 Å². The predicted molar refractivity (Wildman–Crippen MR) is 103 cm³/mol. The first kappa shape index (κ1) is 18.9. The van der Waals surface area contributed by atoms with Gasteiger partial charge in [0.1, 0.15) is 0 Å². The molecular weight excluding hydrogens is 332 g/mol. The second-order valence-electron chi connectivity index (χ2n) is 8.81. The van der Waals surface area contributed by atoms with Crippen LogP contribution in [-0.2, 0) is 16.1 Å². The molecule has 2 aliphatic rings. The molecule has 1 amide bonds. The summed E-state index contributed by atoms with van der Waals surface area (Å²) in [4.78, 5) is 18.7. The summed E-state index contributed by atoms with van der Waals surface area (Å²) in [7, 11) is 1.81. The Morgan fingerprint density at radius 1 is 1.36 bits per heavy atom. The maximum Gasteiger partial charge on any atom is 0.227 e. The standard InChI is InChI=1S/C20H32N2O2S/c1-19(2,3)18(23)22-9-7-20(8-10-22)15-21(12-16(20)14-24-4)13-17-6-5-11-25-17/h5-6,11,16H,7-10,12-15H2,1-4H3. The molecule has 1 atom stereocenters. The Balaban J connectivity index is 1.66. The van der Waals surface area contributed by atoms with E-state index < -0.39 is 0 Å². The van der Waals surface area contributed by atoms with Gasteiger partial charge in [-0.25, -0.2) is 0 Å². The van der Waals surface area contributed by atoms with Crippen molar-refractivity contribution >= 4 is 17.2 Å². The molecule has 0 saturated carbocycles. The van der Waals surface area contributed by atoms with E-state index in [0.717, 1.165) is 52.2 Å². The maximum atomic E-state index is 12.6. The Hall–Kier alpha value is -0.910. The molecule has 2 fully saturated rings. The summed E-state index contributed by atoms with van der Waals surface area (Å²) in [5.41, 5.74) is 0.0270. The van der Waals surface area contributed by atoms with Gasteiger partial charge in [0, 0.05) is 56.0 Å². The first-order valence-electron chi connectivity index (χ1n) is 9.37. The van der Waals surface area contributed by atoms with Crippen molar-refractivity contribution in [2.75, 3.05) is 39.9 Å². The number of likely N-dealkylation sites (tertiary alicyclic amines) is 2. The van der Waals surface area contributed by atoms with Crippen LogP contribution in [0.2, 0.25) is 0 Å². The lowest BCUT2D eigenvalue weighted by molar-refractivity contribution is -0.142. The highest BCUT2D eigenvalue weighted by atomic mass is 32.1. The number of hydrogen-bond acceptors (Lipinski definition) is 4. The minimum absolute atomic E-state index is 0.280. The number of thiophene rings is 1. The molecule has 1 aromatic rings. The van der Waals surface area contributed by atoms with Gasteiger partial charge in [-0.05, 0) is 29.7 Å². The van der Waals surface area contributed by atoms with Gasteiger partial charge in [0.05, 0.1) is 6.61 Å². The van der Waals surface area contributed by atoms with Crippen LogP contribution in [0.4, 0.5) is 0 Å². The molecule has 1 spiro atoms. The molecule has 2 aliphatic heterocycles. The van der Waals surface area contributed by atoms with Crippen molar-refractivity contribution in [2.24, 2.45) is 16.7 Å². The fourth-order valence-electron chi connectivity index (χ4n) is 4.51. The highest BCUT2D eigenvalue weighted by Crippen LogP contribution is 2.45. The minimum Gasteiger partial charge on any atom is -0.384 e. The van der Waals surface area contributed by atoms with E-state index in [-0.39, 0.29) is 5.41 Å². The molecule has 0 radical (unpaired) electrons. The van der Waals surface area contributed by atoms with Crippen LogP contribution in [0, 0.1) is 16.7 Å². The summed E-state index contributed by atoms with van der Waals surface area (Å²) in [6.45, 7) is 12.0. The lowest BCUT2D eigenvalue weighted by Gasteiger charge is -2.44. The number of carbonyl (C=O) groups is 1. The van der Waals surface area contributed by atoms with Crippen LogP contribution in [0.25, 0.3) is 0 Å². The van der Waals surface area contributed by atoms with Crippen molar-refractivity contribution in [3.8, 4) is 0 Å². The Bertz CT molecular complexity index is 571. The van der Waals surface area contributed by atoms with Crippen LogP contribution >= 0.6 is 11.3 Å². The molecular formula is C20H32N2O2S. The Kier molecular flexibility index (Phi) is 5.57. The molecule has 1 unspecified atom stereocenters. The number of methoxy groups -OCH3 is 1. The van der Waals surface area contributed by atoms with E-state index in [1.807, 2.05) is 39.2 Å². The number of carbonyl (C=O) groups excluding carboxylic acids is 1. The van der Waals surface area contributed by atoms with Gasteiger partial charge in [0.2, 0.25) is 5.91 Å². The fourth-order valence-corrected chi connectivity index (χ4v) is 5.26. The molecule has 0 aromatic carbocycles. The van der Waals surface area contributed by atoms with E-state index in [1.54, 1.807) is 0 Å². The molecule has 2 saturated heterocycles. The van der Waals surface area contributed by atoms with Gasteiger partial charge in [-0.15, -0.1) is 11.3 Å². The average Bonchev–Trinajstić information content (AvgIpc) is 3.17. The van der Waals surface area contributed by atoms with Crippen LogP contribution in [0.3, 0.4) is 0 Å². The Morgan fingerprint density at radius 2 is 2.08 bits per heavy atom. The van der Waals surface area contributed by atoms with Crippen molar-refractivity contribution in [3.63, 3.8) is 0 Å². The molecule has 4 nitrogen and oxygen atoms in total. The number of piperidine rings is 1. The zero-order valence-electron chi connectivity index (χ0n) is 16.1. The zero-order chi connectivity index (χ0) is 18.1. The van der Waals surface area contributed by atoms with Gasteiger partial charge in [0.25, 0.3) is 0 Å². The van der Waals surface area contributed by atoms with E-state index >= 15 is 0 Å². The molecule has 25 heavy (non-hydrogen) atoms. The van der Waals surface area contributed by atoms with Crippen molar-refractivity contribution in [2.45, 2.75) is 40.2 Å². The second-order valence-corrected chi connectivity index (χ2v) is 9.84. The summed E-state index contributed by atoms with van der Waals surface area (Å²) in [5, 5.41) is 2.16. The van der Waals surface area contributed by atoms with Gasteiger partial charge < -0.3 is 9.64 Å². The highest BCUT2D eigenvalue weighted by Gasteiger charge is 2.48. The van der Waals surface area contributed by atoms with Gasteiger partial charge in [-0.2, -0.15) is 0 Å². The largest absolute Gasteiger partial charge is 0.384 e. The third-order valence-electron chi connectivity index (χ3n) is 5.90. The SMILES string of the molecule is COCC1CN(Cc2cccs2)CC12CCN(C(=O)C(C)(C)C)CC2.